The smallest absolute Gasteiger partial charge is 0.263 e. The summed E-state index contributed by atoms with van der Waals surface area (Å²) in [7, 11) is -4.11. The highest BCUT2D eigenvalue weighted by atomic mass is 31.2. The molecule has 5 atom stereocenters. The molecule has 14 heteroatoms. The molecule has 0 bridgehead atoms. The maximum Gasteiger partial charge on any atom is 0.263 e. The van der Waals surface area contributed by atoms with Crippen molar-refractivity contribution in [3.63, 3.8) is 0 Å². The number of hydrogen-bond acceptors (Lipinski definition) is 8. The Labute approximate surface area is 319 Å². The quantitative estimate of drug-likeness (QED) is 0.0543. The van der Waals surface area contributed by atoms with Crippen LogP contribution in [-0.2, 0) is 23.0 Å². The zero-order valence-electron chi connectivity index (χ0n) is 33.8. The van der Waals surface area contributed by atoms with Crippen molar-refractivity contribution in [3.05, 3.63) is 33.5 Å². The zero-order valence-corrected chi connectivity index (χ0v) is 35.7. The Kier molecular flexibility index (Phi) is 16.3. The summed E-state index contributed by atoms with van der Waals surface area (Å²) in [6.07, 6.45) is 8.48. The molecule has 0 spiro atoms. The number of aromatic nitrogens is 3. The van der Waals surface area contributed by atoms with E-state index in [0.717, 1.165) is 12.8 Å². The summed E-state index contributed by atoms with van der Waals surface area (Å²) in [6, 6.07) is 0.201. The number of carbonyl (C=O) groups is 1. The van der Waals surface area contributed by atoms with Crippen LogP contribution in [0.5, 0.6) is 0 Å². The van der Waals surface area contributed by atoms with Crippen LogP contribution in [0.4, 0.5) is 5.95 Å². The Morgan fingerprint density at radius 1 is 1.19 bits per heavy atom. The highest BCUT2D eigenvalue weighted by Gasteiger charge is 2.53. The number of fused-ring (bicyclic) bond motifs is 1. The van der Waals surface area contributed by atoms with Crippen LogP contribution >= 0.6 is 8.53 Å². The second-order valence-electron chi connectivity index (χ2n) is 15.8. The van der Waals surface area contributed by atoms with Gasteiger partial charge in [-0.05, 0) is 65.1 Å². The first-order valence-corrected chi connectivity index (χ1v) is 22.8. The number of ether oxygens (including phenoxy) is 1. The topological polar surface area (TPSA) is 124 Å². The third kappa shape index (κ3) is 11.2. The first kappa shape index (κ1) is 44.3. The van der Waals surface area contributed by atoms with Crippen molar-refractivity contribution in [2.24, 2.45) is 5.92 Å². The lowest BCUT2D eigenvalue weighted by Gasteiger charge is -2.42. The van der Waals surface area contributed by atoms with Gasteiger partial charge >= 0.3 is 0 Å². The van der Waals surface area contributed by atoms with E-state index in [1.807, 2.05) is 11.5 Å². The minimum Gasteiger partial charge on any atom is -0.407 e. The fraction of sp³-hybridized carbons (Fsp3) is 0.692. The molecule has 0 saturated carbocycles. The number of rotatable bonds is 17. The number of amides is 1. The van der Waals surface area contributed by atoms with Gasteiger partial charge in [-0.25, -0.2) is 11.2 Å². The fourth-order valence-electron chi connectivity index (χ4n) is 5.79. The summed E-state index contributed by atoms with van der Waals surface area (Å²) in [5, 5.41) is 2.90. The molecule has 2 aromatic heterocycles. The Morgan fingerprint density at radius 3 is 2.42 bits per heavy atom. The molecule has 0 radical (unpaired) electrons. The molecular formula is C39H61N6O6PSi. The molecule has 0 aliphatic carbocycles. The molecule has 3 heterocycles. The normalized spacial score (nSPS) is 19.8. The molecule has 12 nitrogen and oxygen atoms in total. The molecule has 1 fully saturated rings. The van der Waals surface area contributed by atoms with Crippen LogP contribution in [0.3, 0.4) is 0 Å². The lowest BCUT2D eigenvalue weighted by atomic mass is 10.1. The zero-order chi connectivity index (χ0) is 39.7. The van der Waals surface area contributed by atoms with Gasteiger partial charge < -0.3 is 27.6 Å². The number of carbonyl (C=O) groups excluding carboxylic acids is 1. The molecule has 0 aromatic carbocycles. The molecule has 1 amide bonds. The fourth-order valence-corrected chi connectivity index (χ4v) is 8.83. The van der Waals surface area contributed by atoms with Crippen LogP contribution in [0.25, 0.3) is 15.9 Å². The summed E-state index contributed by atoms with van der Waals surface area (Å²) in [5.74, 6) is 8.52. The third-order valence-electron chi connectivity index (χ3n) is 9.61. The van der Waals surface area contributed by atoms with E-state index in [1.165, 1.54) is 0 Å². The maximum absolute atomic E-state index is 13.8. The van der Waals surface area contributed by atoms with E-state index in [9.17, 15) is 9.59 Å². The van der Waals surface area contributed by atoms with Crippen LogP contribution in [0, 0.1) is 36.7 Å². The monoisotopic (exact) mass is 768 g/mol. The van der Waals surface area contributed by atoms with Gasteiger partial charge in [-0.3, -0.25) is 19.9 Å². The van der Waals surface area contributed by atoms with E-state index in [1.54, 1.807) is 20.0 Å². The highest BCUT2D eigenvalue weighted by molar-refractivity contribution is 7.44. The molecular weight excluding hydrogens is 708 g/mol. The van der Waals surface area contributed by atoms with Gasteiger partial charge in [0.25, 0.3) is 14.1 Å². The maximum atomic E-state index is 13.8. The summed E-state index contributed by atoms with van der Waals surface area (Å²) >= 11 is 0. The largest absolute Gasteiger partial charge is 0.407 e. The predicted molar refractivity (Wildman–Crippen MR) is 216 cm³/mol. The molecule has 1 aliphatic heterocycles. The Hall–Kier alpha value is -3.05. The van der Waals surface area contributed by atoms with Crippen molar-refractivity contribution in [2.45, 2.75) is 156 Å². The first-order valence-electron chi connectivity index (χ1n) is 18.8. The Bertz CT molecular complexity index is 1730. The van der Waals surface area contributed by atoms with Gasteiger partial charge in [0.05, 0.1) is 17.1 Å². The summed E-state index contributed by atoms with van der Waals surface area (Å²) in [5.41, 5.74) is 0.385. The summed E-state index contributed by atoms with van der Waals surface area (Å²) in [6.45, 7) is 32.7. The van der Waals surface area contributed by atoms with Gasteiger partial charge in [-0.2, -0.15) is 4.98 Å². The SMILES string of the molecule is [C-]#[N+]CCOP(OC1[C@@H](CC)O[C@@H](n2cc(C#CCCCCC#C)c3c(=O)[nH]c(NC(=O)C(C)C)nc32)[C@H]1O[Si](C)(C)C(C)(C)C)N(C(C)C)C(C)C. The van der Waals surface area contributed by atoms with Crippen LogP contribution in [0.2, 0.25) is 18.1 Å². The average molecular weight is 769 g/mol. The van der Waals surface area contributed by atoms with E-state index in [2.05, 4.69) is 99.1 Å². The lowest BCUT2D eigenvalue weighted by Crippen LogP contribution is -2.49. The van der Waals surface area contributed by atoms with Crippen LogP contribution in [0.1, 0.15) is 113 Å². The third-order valence-corrected chi connectivity index (χ3v) is 16.2. The van der Waals surface area contributed by atoms with E-state index in [4.69, 9.17) is 36.2 Å². The van der Waals surface area contributed by atoms with Gasteiger partial charge in [0, 0.05) is 37.0 Å². The summed E-state index contributed by atoms with van der Waals surface area (Å²) in [4.78, 5) is 37.6. The van der Waals surface area contributed by atoms with Gasteiger partial charge in [0.15, 0.2) is 20.2 Å². The molecule has 2 unspecified atom stereocenters. The number of nitrogens with one attached hydrogen (secondary N) is 2. The number of H-pyrrole nitrogens is 1. The first-order chi connectivity index (χ1) is 24.9. The molecule has 1 aliphatic rings. The molecule has 2 N–H and O–H groups in total. The predicted octanol–water partition coefficient (Wildman–Crippen LogP) is 8.23. The Balaban J connectivity index is 2.28. The van der Waals surface area contributed by atoms with Crippen molar-refractivity contribution in [3.8, 4) is 24.2 Å². The minimum atomic E-state index is -2.48. The standard InChI is InChI=1S/C39H61N6O6PSi/c1-15-17-18-19-20-21-22-29-25-44(34-31(29)36(47)43-38(41-34)42-35(46)26(3)4)37-33(51-53(13,14)39(9,10)11)32(30(16-2)49-37)50-52(48-24-23-40-12)45(27(5)6)28(7)8/h1,25-28,30,32-33,37H,16-20,23-24H2,2-11,13-14H3,(H2,41,42,43,46,47)/t30-,32?,33+,37-,52?/m1/s1. The van der Waals surface area contributed by atoms with E-state index in [-0.39, 0.29) is 48.0 Å². The number of nitrogens with zero attached hydrogens (tertiary/aromatic N) is 4. The number of aromatic amines is 1. The number of unbranched alkanes of at least 4 members (excludes halogenated alkanes) is 3. The summed E-state index contributed by atoms with van der Waals surface area (Å²) < 4.78 is 31.7. The molecule has 1 saturated heterocycles. The van der Waals surface area contributed by atoms with Crippen LogP contribution in [-0.4, -0.2) is 77.0 Å². The second kappa shape index (κ2) is 19.5. The van der Waals surface area contributed by atoms with Gasteiger partial charge in [0.1, 0.15) is 18.8 Å². The second-order valence-corrected chi connectivity index (χ2v) is 22.0. The molecule has 2 aromatic rings. The molecule has 292 valence electrons. The van der Waals surface area contributed by atoms with Crippen molar-refractivity contribution >= 4 is 39.7 Å². The van der Waals surface area contributed by atoms with Crippen molar-refractivity contribution in [1.82, 2.24) is 19.2 Å². The number of anilines is 1. The highest BCUT2D eigenvalue weighted by Crippen LogP contribution is 2.52. The van der Waals surface area contributed by atoms with Crippen molar-refractivity contribution < 1.29 is 23.0 Å². The lowest BCUT2D eigenvalue weighted by molar-refractivity contribution is -0.118. The average Bonchev–Trinajstić information content (AvgIpc) is 3.58. The Morgan fingerprint density at radius 2 is 1.85 bits per heavy atom. The van der Waals surface area contributed by atoms with Gasteiger partial charge in [-0.1, -0.05) is 53.4 Å². The van der Waals surface area contributed by atoms with Crippen LogP contribution < -0.4 is 10.9 Å². The van der Waals surface area contributed by atoms with Gasteiger partial charge in [0.2, 0.25) is 18.4 Å². The van der Waals surface area contributed by atoms with Gasteiger partial charge in [-0.15, -0.1) is 12.3 Å². The van der Waals surface area contributed by atoms with E-state index < -0.39 is 46.9 Å². The van der Waals surface area contributed by atoms with Crippen LogP contribution in [0.15, 0.2) is 11.0 Å². The number of hydrogen-bond donors (Lipinski definition) is 2. The minimum absolute atomic E-state index is 0.0373. The van der Waals surface area contributed by atoms with E-state index in [0.29, 0.717) is 35.9 Å². The van der Waals surface area contributed by atoms with Crippen molar-refractivity contribution in [1.29, 1.82) is 0 Å². The molecule has 3 rings (SSSR count). The molecule has 53 heavy (non-hydrogen) atoms. The number of terminal acetylenes is 1. The van der Waals surface area contributed by atoms with Crippen molar-refractivity contribution in [2.75, 3.05) is 18.5 Å². The van der Waals surface area contributed by atoms with E-state index >= 15 is 0 Å².